The SMILES string of the molecule is CCCn1ncc(C(=O)N2C[C@@H]3CC[C@H](C2)N(Cc2ccccn2)C3=O)c1C. The molecule has 5 heterocycles. The van der Waals surface area contributed by atoms with Crippen molar-refractivity contribution < 1.29 is 9.59 Å². The minimum absolute atomic E-state index is 0.00996. The van der Waals surface area contributed by atoms with Gasteiger partial charge in [-0.05, 0) is 38.3 Å². The first-order chi connectivity index (χ1) is 13.6. The van der Waals surface area contributed by atoms with E-state index < -0.39 is 0 Å². The van der Waals surface area contributed by atoms with Crippen LogP contribution in [0.25, 0.3) is 0 Å². The molecule has 3 fully saturated rings. The van der Waals surface area contributed by atoms with Crippen molar-refractivity contribution in [3.63, 3.8) is 0 Å². The van der Waals surface area contributed by atoms with E-state index in [1.165, 1.54) is 0 Å². The Bertz CT molecular complexity index is 863. The van der Waals surface area contributed by atoms with Crippen LogP contribution in [0.5, 0.6) is 0 Å². The molecule has 7 heteroatoms. The molecule has 7 nitrogen and oxygen atoms in total. The van der Waals surface area contributed by atoms with Gasteiger partial charge in [-0.1, -0.05) is 13.0 Å². The lowest BCUT2D eigenvalue weighted by molar-refractivity contribution is -0.140. The summed E-state index contributed by atoms with van der Waals surface area (Å²) in [6.45, 7) is 6.42. The molecule has 2 aromatic heterocycles. The fraction of sp³-hybridized carbons (Fsp3) is 0.524. The second-order valence-corrected chi connectivity index (χ2v) is 7.79. The summed E-state index contributed by atoms with van der Waals surface area (Å²) in [6, 6.07) is 5.81. The van der Waals surface area contributed by atoms with Gasteiger partial charge in [0.15, 0.2) is 0 Å². The highest BCUT2D eigenvalue weighted by molar-refractivity contribution is 5.95. The summed E-state index contributed by atoms with van der Waals surface area (Å²) < 4.78 is 1.89. The first-order valence-electron chi connectivity index (χ1n) is 10.1. The van der Waals surface area contributed by atoms with Crippen LogP contribution < -0.4 is 0 Å². The second-order valence-electron chi connectivity index (χ2n) is 7.79. The Hall–Kier alpha value is -2.70. The molecule has 0 aromatic carbocycles. The van der Waals surface area contributed by atoms with Crippen molar-refractivity contribution in [3.05, 3.63) is 47.5 Å². The minimum Gasteiger partial charge on any atom is -0.336 e. The highest BCUT2D eigenvalue weighted by atomic mass is 16.2. The van der Waals surface area contributed by atoms with Crippen LogP contribution in [0.15, 0.2) is 30.6 Å². The lowest BCUT2D eigenvalue weighted by atomic mass is 9.94. The summed E-state index contributed by atoms with van der Waals surface area (Å²) in [5.41, 5.74) is 2.44. The number of piperidine rings is 1. The predicted molar refractivity (Wildman–Crippen MR) is 104 cm³/mol. The highest BCUT2D eigenvalue weighted by Gasteiger charge is 2.42. The molecule has 0 saturated carbocycles. The van der Waals surface area contributed by atoms with E-state index in [1.54, 1.807) is 12.4 Å². The molecule has 2 aromatic rings. The number of hydrogen-bond donors (Lipinski definition) is 0. The minimum atomic E-state index is -0.127. The molecule has 0 unspecified atom stereocenters. The van der Waals surface area contributed by atoms with Crippen LogP contribution in [0, 0.1) is 12.8 Å². The van der Waals surface area contributed by atoms with Crippen LogP contribution in [0.3, 0.4) is 0 Å². The van der Waals surface area contributed by atoms with E-state index in [9.17, 15) is 9.59 Å². The Balaban J connectivity index is 1.54. The third-order valence-electron chi connectivity index (χ3n) is 5.91. The zero-order valence-electron chi connectivity index (χ0n) is 16.5. The van der Waals surface area contributed by atoms with E-state index in [-0.39, 0.29) is 23.8 Å². The van der Waals surface area contributed by atoms with E-state index in [1.807, 2.05) is 39.6 Å². The van der Waals surface area contributed by atoms with E-state index in [2.05, 4.69) is 17.0 Å². The average molecular weight is 381 g/mol. The van der Waals surface area contributed by atoms with Gasteiger partial charge in [0, 0.05) is 37.6 Å². The predicted octanol–water partition coefficient (Wildman–Crippen LogP) is 2.26. The van der Waals surface area contributed by atoms with Crippen molar-refractivity contribution in [1.29, 1.82) is 0 Å². The molecular formula is C21H27N5O2. The van der Waals surface area contributed by atoms with Crippen LogP contribution >= 0.6 is 0 Å². The second kappa shape index (κ2) is 7.73. The van der Waals surface area contributed by atoms with Crippen molar-refractivity contribution in [3.8, 4) is 0 Å². The molecule has 3 aliphatic heterocycles. The molecule has 0 spiro atoms. The van der Waals surface area contributed by atoms with E-state index >= 15 is 0 Å². The highest BCUT2D eigenvalue weighted by Crippen LogP contribution is 2.31. The van der Waals surface area contributed by atoms with Gasteiger partial charge in [-0.25, -0.2) is 0 Å². The Morgan fingerprint density at radius 2 is 2.11 bits per heavy atom. The molecule has 28 heavy (non-hydrogen) atoms. The largest absolute Gasteiger partial charge is 0.336 e. The number of amides is 2. The zero-order valence-corrected chi connectivity index (χ0v) is 16.5. The maximum Gasteiger partial charge on any atom is 0.257 e. The Morgan fingerprint density at radius 1 is 1.25 bits per heavy atom. The summed E-state index contributed by atoms with van der Waals surface area (Å²) in [5, 5.41) is 4.37. The van der Waals surface area contributed by atoms with Gasteiger partial charge in [0.1, 0.15) is 0 Å². The van der Waals surface area contributed by atoms with E-state index in [0.717, 1.165) is 37.2 Å². The van der Waals surface area contributed by atoms with Gasteiger partial charge in [-0.15, -0.1) is 0 Å². The summed E-state index contributed by atoms with van der Waals surface area (Å²) in [5.74, 6) is 0.0113. The lowest BCUT2D eigenvalue weighted by Gasteiger charge is -2.35. The lowest BCUT2D eigenvalue weighted by Crippen LogP contribution is -2.47. The van der Waals surface area contributed by atoms with Gasteiger partial charge in [-0.3, -0.25) is 19.3 Å². The standard InChI is InChI=1S/C21H27N5O2/c1-3-10-26-15(2)19(11-23-26)21(28)24-12-16-7-8-18(14-24)25(20(16)27)13-17-6-4-5-9-22-17/h4-6,9,11,16,18H,3,7-8,10,12-14H2,1-2H3/t16-,18+/m0/s1. The number of aromatic nitrogens is 3. The molecule has 2 bridgehead atoms. The van der Waals surface area contributed by atoms with Gasteiger partial charge in [0.2, 0.25) is 5.91 Å². The fourth-order valence-electron chi connectivity index (χ4n) is 4.34. The van der Waals surface area contributed by atoms with E-state index in [4.69, 9.17) is 0 Å². The number of hydrogen-bond acceptors (Lipinski definition) is 4. The van der Waals surface area contributed by atoms with Crippen LogP contribution in [-0.2, 0) is 17.9 Å². The molecule has 2 atom stereocenters. The van der Waals surface area contributed by atoms with Gasteiger partial charge < -0.3 is 9.80 Å². The van der Waals surface area contributed by atoms with E-state index in [0.29, 0.717) is 25.2 Å². The molecule has 148 valence electrons. The quantitative estimate of drug-likeness (QED) is 0.796. The molecule has 5 rings (SSSR count). The number of fused-ring (bicyclic) bond motifs is 4. The fourth-order valence-corrected chi connectivity index (χ4v) is 4.34. The monoisotopic (exact) mass is 381 g/mol. The van der Waals surface area contributed by atoms with Crippen LogP contribution in [0.1, 0.15) is 47.9 Å². The topological polar surface area (TPSA) is 71.3 Å². The third kappa shape index (κ3) is 3.41. The number of nitrogens with zero attached hydrogens (tertiary/aromatic N) is 5. The summed E-state index contributed by atoms with van der Waals surface area (Å²) >= 11 is 0. The molecule has 3 saturated heterocycles. The summed E-state index contributed by atoms with van der Waals surface area (Å²) in [6.07, 6.45) is 6.18. The molecule has 0 radical (unpaired) electrons. The normalized spacial score (nSPS) is 21.9. The first-order valence-corrected chi connectivity index (χ1v) is 10.1. The maximum absolute atomic E-state index is 13.2. The third-order valence-corrected chi connectivity index (χ3v) is 5.91. The number of aryl methyl sites for hydroxylation is 1. The van der Waals surface area contributed by atoms with Gasteiger partial charge in [-0.2, -0.15) is 5.10 Å². The molecular weight excluding hydrogens is 354 g/mol. The van der Waals surface area contributed by atoms with Crippen molar-refractivity contribution >= 4 is 11.8 Å². The number of rotatable bonds is 5. The number of pyridine rings is 1. The first kappa shape index (κ1) is 18.7. The summed E-state index contributed by atoms with van der Waals surface area (Å²) in [7, 11) is 0. The Kier molecular flexibility index (Phi) is 5.15. The van der Waals surface area contributed by atoms with Crippen molar-refractivity contribution in [2.45, 2.75) is 52.2 Å². The zero-order chi connectivity index (χ0) is 19.7. The van der Waals surface area contributed by atoms with Gasteiger partial charge >= 0.3 is 0 Å². The van der Waals surface area contributed by atoms with Crippen LogP contribution in [0.4, 0.5) is 0 Å². The number of carbonyl (C=O) groups is 2. The molecule has 3 aliphatic rings. The molecule has 2 amide bonds. The van der Waals surface area contributed by atoms with Crippen molar-refractivity contribution in [2.75, 3.05) is 13.1 Å². The smallest absolute Gasteiger partial charge is 0.257 e. The average Bonchev–Trinajstić information content (AvgIpc) is 2.88. The molecule has 0 N–H and O–H groups in total. The van der Waals surface area contributed by atoms with Gasteiger partial charge in [0.05, 0.1) is 29.9 Å². The molecule has 0 aliphatic carbocycles. The van der Waals surface area contributed by atoms with Crippen LogP contribution in [-0.4, -0.2) is 55.5 Å². The Labute approximate surface area is 165 Å². The maximum atomic E-state index is 13.2. The van der Waals surface area contributed by atoms with Gasteiger partial charge in [0.25, 0.3) is 5.91 Å². The summed E-state index contributed by atoms with van der Waals surface area (Å²) in [4.78, 5) is 34.4. The van der Waals surface area contributed by atoms with Crippen molar-refractivity contribution in [1.82, 2.24) is 24.6 Å². The van der Waals surface area contributed by atoms with Crippen LogP contribution in [0.2, 0.25) is 0 Å². The Morgan fingerprint density at radius 3 is 2.86 bits per heavy atom. The number of carbonyl (C=O) groups excluding carboxylic acids is 2. The van der Waals surface area contributed by atoms with Crippen molar-refractivity contribution in [2.24, 2.45) is 5.92 Å².